The van der Waals surface area contributed by atoms with E-state index in [1.54, 1.807) is 18.2 Å². The first-order valence-corrected chi connectivity index (χ1v) is 5.98. The van der Waals surface area contributed by atoms with E-state index in [0.29, 0.717) is 16.7 Å². The number of carbonyl (C=O) groups is 1. The van der Waals surface area contributed by atoms with Crippen LogP contribution in [0.3, 0.4) is 0 Å². The molecule has 0 saturated carbocycles. The van der Waals surface area contributed by atoms with Crippen LogP contribution in [0.15, 0.2) is 18.2 Å². The molecule has 0 atom stereocenters. The summed E-state index contributed by atoms with van der Waals surface area (Å²) in [6.07, 6.45) is 2.09. The van der Waals surface area contributed by atoms with E-state index >= 15 is 0 Å². The van der Waals surface area contributed by atoms with Gasteiger partial charge in [0.25, 0.3) is 0 Å². The standard InChI is InChI=1S/C12H14Cl2O2/c1-2-3-6-16-12(15)7-9-4-5-10(13)8-11(9)14/h4-5,8H,2-3,6-7H2,1H3. The van der Waals surface area contributed by atoms with E-state index in [0.717, 1.165) is 18.4 Å². The van der Waals surface area contributed by atoms with Crippen LogP contribution in [0.1, 0.15) is 25.3 Å². The van der Waals surface area contributed by atoms with Crippen molar-refractivity contribution in [2.75, 3.05) is 6.61 Å². The monoisotopic (exact) mass is 260 g/mol. The lowest BCUT2D eigenvalue weighted by Gasteiger charge is -2.05. The molecule has 16 heavy (non-hydrogen) atoms. The summed E-state index contributed by atoms with van der Waals surface area (Å²) in [5.41, 5.74) is 0.743. The van der Waals surface area contributed by atoms with Gasteiger partial charge in [0.1, 0.15) is 0 Å². The summed E-state index contributed by atoms with van der Waals surface area (Å²) in [7, 11) is 0. The molecule has 0 heterocycles. The number of halogens is 2. The normalized spacial score (nSPS) is 10.2. The fraction of sp³-hybridized carbons (Fsp3) is 0.417. The van der Waals surface area contributed by atoms with Gasteiger partial charge in [-0.05, 0) is 24.1 Å². The molecule has 1 rings (SSSR count). The molecule has 88 valence electrons. The van der Waals surface area contributed by atoms with Crippen molar-refractivity contribution in [2.24, 2.45) is 0 Å². The maximum absolute atomic E-state index is 11.4. The quantitative estimate of drug-likeness (QED) is 0.594. The van der Waals surface area contributed by atoms with Crippen LogP contribution in [0.25, 0.3) is 0 Å². The molecular weight excluding hydrogens is 247 g/mol. The molecule has 0 aliphatic rings. The first-order chi connectivity index (χ1) is 7.63. The largest absolute Gasteiger partial charge is 0.465 e. The van der Waals surface area contributed by atoms with Crippen LogP contribution in [0.4, 0.5) is 0 Å². The van der Waals surface area contributed by atoms with Crippen LogP contribution < -0.4 is 0 Å². The predicted octanol–water partition coefficient (Wildman–Crippen LogP) is 3.88. The third-order valence-electron chi connectivity index (χ3n) is 2.11. The number of esters is 1. The SMILES string of the molecule is CCCCOC(=O)Cc1ccc(Cl)cc1Cl. The predicted molar refractivity (Wildman–Crippen MR) is 66.0 cm³/mol. The Bertz CT molecular complexity index is 364. The number of rotatable bonds is 5. The summed E-state index contributed by atoms with van der Waals surface area (Å²) < 4.78 is 5.04. The van der Waals surface area contributed by atoms with Crippen LogP contribution in [-0.2, 0) is 16.0 Å². The Kier molecular flexibility index (Phi) is 5.64. The molecular formula is C12H14Cl2O2. The third kappa shape index (κ3) is 4.42. The molecule has 0 radical (unpaired) electrons. The van der Waals surface area contributed by atoms with E-state index in [-0.39, 0.29) is 12.4 Å². The van der Waals surface area contributed by atoms with Gasteiger partial charge in [0.05, 0.1) is 13.0 Å². The zero-order valence-corrected chi connectivity index (χ0v) is 10.6. The number of hydrogen-bond acceptors (Lipinski definition) is 2. The Morgan fingerprint density at radius 1 is 1.38 bits per heavy atom. The van der Waals surface area contributed by atoms with Gasteiger partial charge in [0.2, 0.25) is 0 Å². The minimum atomic E-state index is -0.252. The minimum Gasteiger partial charge on any atom is -0.465 e. The highest BCUT2D eigenvalue weighted by atomic mass is 35.5. The average molecular weight is 261 g/mol. The fourth-order valence-electron chi connectivity index (χ4n) is 1.20. The molecule has 0 unspecified atom stereocenters. The average Bonchev–Trinajstić information content (AvgIpc) is 2.23. The van der Waals surface area contributed by atoms with Crippen LogP contribution in [0.5, 0.6) is 0 Å². The van der Waals surface area contributed by atoms with Crippen molar-refractivity contribution in [1.29, 1.82) is 0 Å². The molecule has 0 saturated heterocycles. The molecule has 0 spiro atoms. The summed E-state index contributed by atoms with van der Waals surface area (Å²) in [6, 6.07) is 5.08. The second kappa shape index (κ2) is 6.77. The van der Waals surface area contributed by atoms with Crippen molar-refractivity contribution >= 4 is 29.2 Å². The highest BCUT2D eigenvalue weighted by molar-refractivity contribution is 6.35. The number of carbonyl (C=O) groups excluding carboxylic acids is 1. The topological polar surface area (TPSA) is 26.3 Å². The van der Waals surface area contributed by atoms with E-state index < -0.39 is 0 Å². The molecule has 1 aromatic rings. The zero-order valence-electron chi connectivity index (χ0n) is 9.13. The molecule has 2 nitrogen and oxygen atoms in total. The van der Waals surface area contributed by atoms with E-state index in [1.807, 2.05) is 6.92 Å². The van der Waals surface area contributed by atoms with Gasteiger partial charge in [-0.15, -0.1) is 0 Å². The molecule has 1 aromatic carbocycles. The minimum absolute atomic E-state index is 0.194. The molecule has 0 fully saturated rings. The van der Waals surface area contributed by atoms with Gasteiger partial charge in [-0.1, -0.05) is 42.6 Å². The van der Waals surface area contributed by atoms with Crippen molar-refractivity contribution in [3.05, 3.63) is 33.8 Å². The molecule has 0 aromatic heterocycles. The maximum atomic E-state index is 11.4. The van der Waals surface area contributed by atoms with Crippen LogP contribution in [0, 0.1) is 0 Å². The van der Waals surface area contributed by atoms with Gasteiger partial charge in [0, 0.05) is 10.0 Å². The van der Waals surface area contributed by atoms with E-state index in [1.165, 1.54) is 0 Å². The first kappa shape index (κ1) is 13.3. The summed E-state index contributed by atoms with van der Waals surface area (Å²) in [6.45, 7) is 2.52. The van der Waals surface area contributed by atoms with Crippen LogP contribution in [0.2, 0.25) is 10.0 Å². The van der Waals surface area contributed by atoms with Gasteiger partial charge >= 0.3 is 5.97 Å². The number of ether oxygens (including phenoxy) is 1. The molecule has 0 bridgehead atoms. The van der Waals surface area contributed by atoms with Gasteiger partial charge < -0.3 is 4.74 Å². The first-order valence-electron chi connectivity index (χ1n) is 5.23. The summed E-state index contributed by atoms with van der Waals surface area (Å²) >= 11 is 11.7. The molecule has 4 heteroatoms. The van der Waals surface area contributed by atoms with E-state index in [9.17, 15) is 4.79 Å². The molecule has 0 aliphatic heterocycles. The Hall–Kier alpha value is -0.730. The van der Waals surface area contributed by atoms with Crippen molar-refractivity contribution < 1.29 is 9.53 Å². The lowest BCUT2D eigenvalue weighted by atomic mass is 10.1. The van der Waals surface area contributed by atoms with E-state index in [4.69, 9.17) is 27.9 Å². The Balaban J connectivity index is 2.49. The van der Waals surface area contributed by atoms with Gasteiger partial charge in [0.15, 0.2) is 0 Å². The highest BCUT2D eigenvalue weighted by Crippen LogP contribution is 2.21. The second-order valence-corrected chi connectivity index (χ2v) is 4.33. The Morgan fingerprint density at radius 3 is 2.75 bits per heavy atom. The van der Waals surface area contributed by atoms with E-state index in [2.05, 4.69) is 0 Å². The lowest BCUT2D eigenvalue weighted by Crippen LogP contribution is -2.09. The fourth-order valence-corrected chi connectivity index (χ4v) is 1.68. The summed E-state index contributed by atoms with van der Waals surface area (Å²) in [5, 5.41) is 1.06. The zero-order chi connectivity index (χ0) is 12.0. The smallest absolute Gasteiger partial charge is 0.310 e. The number of hydrogen-bond donors (Lipinski definition) is 0. The number of benzene rings is 1. The number of unbranched alkanes of at least 4 members (excludes halogenated alkanes) is 1. The Labute approximate surface area is 106 Å². The Morgan fingerprint density at radius 2 is 2.12 bits per heavy atom. The highest BCUT2D eigenvalue weighted by Gasteiger charge is 2.08. The van der Waals surface area contributed by atoms with Gasteiger partial charge in [-0.25, -0.2) is 0 Å². The summed E-state index contributed by atoms with van der Waals surface area (Å²) in [5.74, 6) is -0.252. The van der Waals surface area contributed by atoms with Gasteiger partial charge in [-0.2, -0.15) is 0 Å². The van der Waals surface area contributed by atoms with Crippen LogP contribution >= 0.6 is 23.2 Å². The molecule has 0 amide bonds. The van der Waals surface area contributed by atoms with Crippen molar-refractivity contribution in [2.45, 2.75) is 26.2 Å². The lowest BCUT2D eigenvalue weighted by molar-refractivity contribution is -0.142. The molecule has 0 aliphatic carbocycles. The summed E-state index contributed by atoms with van der Waals surface area (Å²) in [4.78, 5) is 11.4. The maximum Gasteiger partial charge on any atom is 0.310 e. The van der Waals surface area contributed by atoms with Gasteiger partial charge in [-0.3, -0.25) is 4.79 Å². The molecule has 0 N–H and O–H groups in total. The van der Waals surface area contributed by atoms with Crippen molar-refractivity contribution in [1.82, 2.24) is 0 Å². The van der Waals surface area contributed by atoms with Crippen molar-refractivity contribution in [3.8, 4) is 0 Å². The van der Waals surface area contributed by atoms with Crippen LogP contribution in [-0.4, -0.2) is 12.6 Å². The second-order valence-electron chi connectivity index (χ2n) is 3.49. The van der Waals surface area contributed by atoms with Crippen molar-refractivity contribution in [3.63, 3.8) is 0 Å². The third-order valence-corrected chi connectivity index (χ3v) is 2.70.